The summed E-state index contributed by atoms with van der Waals surface area (Å²) in [5.41, 5.74) is 0. The molecule has 4 heteroatoms. The minimum absolute atomic E-state index is 0.383. The molecule has 0 atom stereocenters. The molecule has 0 radical (unpaired) electrons. The third-order valence-corrected chi connectivity index (χ3v) is 4.32. The number of thiophene rings is 2. The summed E-state index contributed by atoms with van der Waals surface area (Å²) < 4.78 is 2.40. The van der Waals surface area contributed by atoms with Gasteiger partial charge in [-0.3, -0.25) is 0 Å². The molecule has 0 saturated heterocycles. The lowest BCUT2D eigenvalue weighted by atomic mass is 10.7. The van der Waals surface area contributed by atoms with Crippen molar-refractivity contribution in [2.45, 2.75) is 8.42 Å². The molecule has 62 valence electrons. The topological polar surface area (TPSA) is 20.2 Å². The van der Waals surface area contributed by atoms with Crippen LogP contribution in [0, 0.1) is 0 Å². The van der Waals surface area contributed by atoms with Crippen molar-refractivity contribution >= 4 is 34.4 Å². The van der Waals surface area contributed by atoms with Gasteiger partial charge < -0.3 is 5.11 Å². The molecule has 0 unspecified atom stereocenters. The highest BCUT2D eigenvalue weighted by atomic mass is 32.2. The van der Waals surface area contributed by atoms with E-state index in [1.165, 1.54) is 15.5 Å². The van der Waals surface area contributed by atoms with E-state index in [2.05, 4.69) is 11.4 Å². The largest absolute Gasteiger partial charge is 0.499 e. The van der Waals surface area contributed by atoms with Gasteiger partial charge in [0.1, 0.15) is 0 Å². The summed E-state index contributed by atoms with van der Waals surface area (Å²) in [5.74, 6) is 0. The molecule has 0 aromatic carbocycles. The second kappa shape index (κ2) is 3.51. The number of rotatable bonds is 2. The van der Waals surface area contributed by atoms with Gasteiger partial charge in [-0.05, 0) is 23.6 Å². The highest BCUT2D eigenvalue weighted by Gasteiger charge is 2.00. The number of hydrogen-bond acceptors (Lipinski definition) is 4. The van der Waals surface area contributed by atoms with Crippen molar-refractivity contribution < 1.29 is 5.11 Å². The summed E-state index contributed by atoms with van der Waals surface area (Å²) in [7, 11) is 0. The average Bonchev–Trinajstić information content (AvgIpc) is 2.63. The van der Waals surface area contributed by atoms with Gasteiger partial charge in [-0.2, -0.15) is 0 Å². The Labute approximate surface area is 82.7 Å². The first-order valence-corrected chi connectivity index (χ1v) is 5.86. The molecule has 0 amide bonds. The molecule has 0 bridgehead atoms. The van der Waals surface area contributed by atoms with Gasteiger partial charge in [0.2, 0.25) is 0 Å². The van der Waals surface area contributed by atoms with Gasteiger partial charge in [0.05, 0.1) is 8.42 Å². The van der Waals surface area contributed by atoms with Crippen LogP contribution >= 0.6 is 34.4 Å². The van der Waals surface area contributed by atoms with Crippen LogP contribution in [0.5, 0.6) is 5.06 Å². The van der Waals surface area contributed by atoms with E-state index in [1.807, 2.05) is 12.1 Å². The fraction of sp³-hybridized carbons (Fsp3) is 0. The van der Waals surface area contributed by atoms with E-state index >= 15 is 0 Å². The fourth-order valence-corrected chi connectivity index (χ4v) is 3.67. The first-order chi connectivity index (χ1) is 5.84. The normalized spacial score (nSPS) is 10.3. The monoisotopic (exact) mass is 214 g/mol. The molecule has 0 aliphatic carbocycles. The molecule has 0 saturated carbocycles. The Morgan fingerprint density at radius 2 is 2.08 bits per heavy atom. The zero-order valence-corrected chi connectivity index (χ0v) is 8.51. The lowest BCUT2D eigenvalue weighted by Crippen LogP contribution is -1.54. The van der Waals surface area contributed by atoms with E-state index in [1.54, 1.807) is 29.2 Å². The predicted molar refractivity (Wildman–Crippen MR) is 54.4 cm³/mol. The maximum absolute atomic E-state index is 9.09. The van der Waals surface area contributed by atoms with Crippen LogP contribution in [0.3, 0.4) is 0 Å². The Kier molecular flexibility index (Phi) is 2.39. The minimum Gasteiger partial charge on any atom is -0.499 e. The Morgan fingerprint density at radius 1 is 1.17 bits per heavy atom. The van der Waals surface area contributed by atoms with Crippen LogP contribution in [-0.4, -0.2) is 5.11 Å². The molecule has 2 rings (SSSR count). The van der Waals surface area contributed by atoms with E-state index in [0.717, 1.165) is 4.21 Å². The summed E-state index contributed by atoms with van der Waals surface area (Å²) in [6.45, 7) is 0. The first kappa shape index (κ1) is 8.16. The third-order valence-electron chi connectivity index (χ3n) is 1.26. The van der Waals surface area contributed by atoms with Crippen molar-refractivity contribution in [3.05, 3.63) is 29.6 Å². The Bertz CT molecular complexity index is 350. The van der Waals surface area contributed by atoms with E-state index in [9.17, 15) is 0 Å². The molecule has 0 aliphatic heterocycles. The van der Waals surface area contributed by atoms with E-state index in [0.29, 0.717) is 5.06 Å². The number of hydrogen-bond donors (Lipinski definition) is 1. The molecular formula is C8H6OS3. The average molecular weight is 214 g/mol. The summed E-state index contributed by atoms with van der Waals surface area (Å²) in [5, 5.41) is 11.5. The van der Waals surface area contributed by atoms with Crippen LogP contribution in [0.15, 0.2) is 38.1 Å². The van der Waals surface area contributed by atoms with Gasteiger partial charge in [-0.1, -0.05) is 29.2 Å². The second-order valence-electron chi connectivity index (χ2n) is 2.13. The number of aromatic hydroxyl groups is 1. The van der Waals surface area contributed by atoms with Crippen LogP contribution in [0.2, 0.25) is 0 Å². The summed E-state index contributed by atoms with van der Waals surface area (Å²) >= 11 is 4.82. The molecule has 1 N–H and O–H groups in total. The van der Waals surface area contributed by atoms with Crippen LogP contribution in [0.4, 0.5) is 0 Å². The predicted octanol–water partition coefficient (Wildman–Crippen LogP) is 3.67. The highest BCUT2D eigenvalue weighted by Crippen LogP contribution is 2.37. The summed E-state index contributed by atoms with van der Waals surface area (Å²) in [6.07, 6.45) is 0. The van der Waals surface area contributed by atoms with Crippen molar-refractivity contribution in [2.24, 2.45) is 0 Å². The Morgan fingerprint density at radius 3 is 2.67 bits per heavy atom. The molecule has 2 aromatic heterocycles. The Hall–Kier alpha value is -0.450. The highest BCUT2D eigenvalue weighted by molar-refractivity contribution is 8.02. The standard InChI is InChI=1S/C8H6OS3/c9-6-3-4-8(11-6)12-7-2-1-5-10-7/h1-5,9H. The van der Waals surface area contributed by atoms with Gasteiger partial charge in [-0.25, -0.2) is 0 Å². The van der Waals surface area contributed by atoms with E-state index in [-0.39, 0.29) is 0 Å². The van der Waals surface area contributed by atoms with Gasteiger partial charge >= 0.3 is 0 Å². The van der Waals surface area contributed by atoms with Crippen molar-refractivity contribution in [2.75, 3.05) is 0 Å². The molecule has 12 heavy (non-hydrogen) atoms. The van der Waals surface area contributed by atoms with Crippen LogP contribution in [0.25, 0.3) is 0 Å². The maximum Gasteiger partial charge on any atom is 0.172 e. The van der Waals surface area contributed by atoms with Crippen LogP contribution in [-0.2, 0) is 0 Å². The SMILES string of the molecule is Oc1ccc(Sc2cccs2)s1. The molecule has 2 aromatic rings. The van der Waals surface area contributed by atoms with Gasteiger partial charge in [0, 0.05) is 0 Å². The van der Waals surface area contributed by atoms with Crippen molar-refractivity contribution in [1.82, 2.24) is 0 Å². The van der Waals surface area contributed by atoms with Crippen LogP contribution < -0.4 is 0 Å². The first-order valence-electron chi connectivity index (χ1n) is 3.35. The summed E-state index contributed by atoms with van der Waals surface area (Å²) in [4.78, 5) is 0. The molecule has 0 fully saturated rings. The smallest absolute Gasteiger partial charge is 0.172 e. The lowest BCUT2D eigenvalue weighted by Gasteiger charge is -1.89. The van der Waals surface area contributed by atoms with Crippen molar-refractivity contribution in [3.63, 3.8) is 0 Å². The van der Waals surface area contributed by atoms with Gasteiger partial charge in [-0.15, -0.1) is 11.3 Å². The zero-order chi connectivity index (χ0) is 8.39. The quantitative estimate of drug-likeness (QED) is 0.823. The fourth-order valence-electron chi connectivity index (χ4n) is 0.786. The molecule has 1 nitrogen and oxygen atoms in total. The molecular weight excluding hydrogens is 208 g/mol. The second-order valence-corrected chi connectivity index (χ2v) is 5.74. The van der Waals surface area contributed by atoms with Crippen molar-refractivity contribution in [1.29, 1.82) is 0 Å². The van der Waals surface area contributed by atoms with Crippen LogP contribution in [0.1, 0.15) is 0 Å². The van der Waals surface area contributed by atoms with Gasteiger partial charge in [0.25, 0.3) is 0 Å². The van der Waals surface area contributed by atoms with E-state index < -0.39 is 0 Å². The van der Waals surface area contributed by atoms with Gasteiger partial charge in [0.15, 0.2) is 5.06 Å². The maximum atomic E-state index is 9.09. The third kappa shape index (κ3) is 1.83. The lowest BCUT2D eigenvalue weighted by molar-refractivity contribution is 0.491. The van der Waals surface area contributed by atoms with Crippen molar-refractivity contribution in [3.8, 4) is 5.06 Å². The zero-order valence-electron chi connectivity index (χ0n) is 6.06. The molecule has 0 aliphatic rings. The molecule has 0 spiro atoms. The minimum atomic E-state index is 0.383. The van der Waals surface area contributed by atoms with E-state index in [4.69, 9.17) is 5.11 Å². The Balaban J connectivity index is 2.14. The summed E-state index contributed by atoms with van der Waals surface area (Å²) in [6, 6.07) is 7.76. The molecule has 2 heterocycles.